The lowest BCUT2D eigenvalue weighted by Gasteiger charge is -2.32. The number of urea groups is 1. The van der Waals surface area contributed by atoms with Crippen LogP contribution in [0, 0.1) is 0 Å². The van der Waals surface area contributed by atoms with Crippen molar-refractivity contribution in [3.8, 4) is 0 Å². The predicted molar refractivity (Wildman–Crippen MR) is 102 cm³/mol. The van der Waals surface area contributed by atoms with Gasteiger partial charge >= 0.3 is 6.03 Å². The van der Waals surface area contributed by atoms with Crippen LogP contribution in [0.3, 0.4) is 0 Å². The van der Waals surface area contributed by atoms with Crippen LogP contribution in [-0.4, -0.2) is 61.5 Å². The van der Waals surface area contributed by atoms with Crippen molar-refractivity contribution in [2.75, 3.05) is 39.5 Å². The summed E-state index contributed by atoms with van der Waals surface area (Å²) in [4.78, 5) is 19.0. The van der Waals surface area contributed by atoms with Gasteiger partial charge in [0.1, 0.15) is 0 Å². The Labute approximate surface area is 161 Å². The molecule has 0 spiro atoms. The molecule has 4 rings (SSSR count). The molecule has 2 amide bonds. The van der Waals surface area contributed by atoms with Crippen LogP contribution < -0.4 is 5.32 Å². The van der Waals surface area contributed by atoms with E-state index in [9.17, 15) is 4.79 Å². The van der Waals surface area contributed by atoms with Gasteiger partial charge in [-0.05, 0) is 31.0 Å². The highest BCUT2D eigenvalue weighted by Gasteiger charge is 2.26. The summed E-state index contributed by atoms with van der Waals surface area (Å²) in [7, 11) is 0. The average molecular weight is 396 g/mol. The van der Waals surface area contributed by atoms with Crippen LogP contribution >= 0.6 is 22.9 Å². The van der Waals surface area contributed by atoms with Gasteiger partial charge in [-0.15, -0.1) is 11.3 Å². The summed E-state index contributed by atoms with van der Waals surface area (Å²) in [6.07, 6.45) is 1.83. The number of carbonyl (C=O) groups excluding carboxylic acids is 1. The van der Waals surface area contributed by atoms with Crippen LogP contribution in [0.15, 0.2) is 18.2 Å². The summed E-state index contributed by atoms with van der Waals surface area (Å²) in [6, 6.07) is 5.82. The Morgan fingerprint density at radius 3 is 2.96 bits per heavy atom. The molecule has 2 saturated heterocycles. The molecule has 0 aliphatic carbocycles. The van der Waals surface area contributed by atoms with Gasteiger partial charge in [-0.3, -0.25) is 0 Å². The minimum absolute atomic E-state index is 0.0197. The zero-order valence-electron chi connectivity index (χ0n) is 14.4. The van der Waals surface area contributed by atoms with Gasteiger partial charge in [0, 0.05) is 30.6 Å². The first-order valence-corrected chi connectivity index (χ1v) is 10.2. The number of nitrogens with one attached hydrogen (secondary N) is 1. The fourth-order valence-corrected chi connectivity index (χ4v) is 4.67. The van der Waals surface area contributed by atoms with Crippen molar-refractivity contribution in [1.29, 1.82) is 0 Å². The van der Waals surface area contributed by atoms with Crippen molar-refractivity contribution < 1.29 is 14.3 Å². The molecule has 2 aromatic rings. The lowest BCUT2D eigenvalue weighted by atomic mass is 9.98. The van der Waals surface area contributed by atoms with Crippen molar-refractivity contribution in [3.63, 3.8) is 0 Å². The van der Waals surface area contributed by atoms with E-state index >= 15 is 0 Å². The summed E-state index contributed by atoms with van der Waals surface area (Å²) in [6.45, 7) is 3.76. The quantitative estimate of drug-likeness (QED) is 0.866. The highest BCUT2D eigenvalue weighted by atomic mass is 35.5. The summed E-state index contributed by atoms with van der Waals surface area (Å²) in [5, 5.41) is 4.82. The molecule has 8 heteroatoms. The predicted octanol–water partition coefficient (Wildman–Crippen LogP) is 3.25. The fraction of sp³-hybridized carbons (Fsp3) is 0.556. The lowest BCUT2D eigenvalue weighted by Crippen LogP contribution is -2.47. The maximum Gasteiger partial charge on any atom is 0.317 e. The molecule has 26 heavy (non-hydrogen) atoms. The SMILES string of the molecule is O=C(NC[C@H]1COCCO1)N1CCC(c2nc3cc(Cl)ccc3s2)CC1. The first kappa shape index (κ1) is 18.0. The van der Waals surface area contributed by atoms with E-state index in [4.69, 9.17) is 26.1 Å². The Hall–Kier alpha value is -1.41. The average Bonchev–Trinajstić information content (AvgIpc) is 3.10. The van der Waals surface area contributed by atoms with E-state index < -0.39 is 0 Å². The number of carbonyl (C=O) groups is 1. The maximum atomic E-state index is 12.4. The molecule has 1 aromatic carbocycles. The second kappa shape index (κ2) is 8.08. The maximum absolute atomic E-state index is 12.4. The molecule has 0 unspecified atom stereocenters. The van der Waals surface area contributed by atoms with E-state index in [1.807, 2.05) is 23.1 Å². The summed E-state index contributed by atoms with van der Waals surface area (Å²) in [5.74, 6) is 0.408. The standard InChI is InChI=1S/C18H22ClN3O3S/c19-13-1-2-16-15(9-13)21-17(26-16)12-3-5-22(6-4-12)18(23)20-10-14-11-24-7-8-25-14/h1-2,9,12,14H,3-8,10-11H2,(H,20,23)/t14-/m0/s1. The van der Waals surface area contributed by atoms with Gasteiger partial charge < -0.3 is 19.7 Å². The Morgan fingerprint density at radius 2 is 2.19 bits per heavy atom. The number of nitrogens with zero attached hydrogens (tertiary/aromatic N) is 2. The molecule has 1 aromatic heterocycles. The van der Waals surface area contributed by atoms with Crippen LogP contribution in [-0.2, 0) is 9.47 Å². The smallest absolute Gasteiger partial charge is 0.317 e. The van der Waals surface area contributed by atoms with Gasteiger partial charge in [0.05, 0.1) is 41.1 Å². The molecular formula is C18H22ClN3O3S. The van der Waals surface area contributed by atoms with E-state index in [1.165, 1.54) is 4.70 Å². The molecular weight excluding hydrogens is 374 g/mol. The van der Waals surface area contributed by atoms with Crippen molar-refractivity contribution in [1.82, 2.24) is 15.2 Å². The van der Waals surface area contributed by atoms with E-state index in [2.05, 4.69) is 5.32 Å². The van der Waals surface area contributed by atoms with E-state index in [0.717, 1.165) is 36.5 Å². The summed E-state index contributed by atoms with van der Waals surface area (Å²) < 4.78 is 12.1. The number of thiazole rings is 1. The molecule has 6 nitrogen and oxygen atoms in total. The Bertz CT molecular complexity index is 770. The van der Waals surface area contributed by atoms with Crippen LogP contribution in [0.1, 0.15) is 23.8 Å². The third-order valence-electron chi connectivity index (χ3n) is 4.86. The topological polar surface area (TPSA) is 63.7 Å². The molecule has 3 heterocycles. The van der Waals surface area contributed by atoms with Crippen molar-refractivity contribution in [3.05, 3.63) is 28.2 Å². The van der Waals surface area contributed by atoms with Gasteiger partial charge in [0.2, 0.25) is 0 Å². The lowest BCUT2D eigenvalue weighted by molar-refractivity contribution is -0.0856. The van der Waals surface area contributed by atoms with E-state index in [-0.39, 0.29) is 12.1 Å². The first-order valence-electron chi connectivity index (χ1n) is 8.97. The van der Waals surface area contributed by atoms with E-state index in [0.29, 0.717) is 37.3 Å². The van der Waals surface area contributed by atoms with Crippen molar-refractivity contribution >= 4 is 39.2 Å². The van der Waals surface area contributed by atoms with Gasteiger partial charge in [0.15, 0.2) is 0 Å². The zero-order valence-corrected chi connectivity index (χ0v) is 16.0. The normalized spacial score (nSPS) is 21.9. The number of amides is 2. The number of ether oxygens (including phenoxy) is 2. The number of rotatable bonds is 3. The molecule has 0 radical (unpaired) electrons. The molecule has 0 bridgehead atoms. The molecule has 2 aliphatic heterocycles. The number of benzene rings is 1. The summed E-state index contributed by atoms with van der Waals surface area (Å²) >= 11 is 7.78. The number of hydrogen-bond acceptors (Lipinski definition) is 5. The van der Waals surface area contributed by atoms with Crippen LogP contribution in [0.5, 0.6) is 0 Å². The Morgan fingerprint density at radius 1 is 1.35 bits per heavy atom. The third-order valence-corrected chi connectivity index (χ3v) is 6.30. The summed E-state index contributed by atoms with van der Waals surface area (Å²) in [5.41, 5.74) is 0.965. The molecule has 0 saturated carbocycles. The third kappa shape index (κ3) is 4.11. The number of likely N-dealkylation sites (tertiary alicyclic amines) is 1. The van der Waals surface area contributed by atoms with Gasteiger partial charge in [-0.2, -0.15) is 0 Å². The molecule has 2 fully saturated rings. The molecule has 2 aliphatic rings. The fourth-order valence-electron chi connectivity index (χ4n) is 3.39. The van der Waals surface area contributed by atoms with Crippen LogP contribution in [0.2, 0.25) is 5.02 Å². The monoisotopic (exact) mass is 395 g/mol. The zero-order chi connectivity index (χ0) is 17.9. The molecule has 1 N–H and O–H groups in total. The minimum atomic E-state index is -0.0418. The highest BCUT2D eigenvalue weighted by molar-refractivity contribution is 7.18. The van der Waals surface area contributed by atoms with Crippen LogP contribution in [0.25, 0.3) is 10.2 Å². The van der Waals surface area contributed by atoms with Crippen molar-refractivity contribution in [2.24, 2.45) is 0 Å². The first-order chi connectivity index (χ1) is 12.7. The number of halogens is 1. The molecule has 140 valence electrons. The minimum Gasteiger partial charge on any atom is -0.376 e. The van der Waals surface area contributed by atoms with Gasteiger partial charge in [0.25, 0.3) is 0 Å². The second-order valence-corrected chi connectivity index (χ2v) is 8.18. The largest absolute Gasteiger partial charge is 0.376 e. The van der Waals surface area contributed by atoms with Crippen molar-refractivity contribution in [2.45, 2.75) is 24.9 Å². The number of aromatic nitrogens is 1. The number of hydrogen-bond donors (Lipinski definition) is 1. The number of fused-ring (bicyclic) bond motifs is 1. The van der Waals surface area contributed by atoms with Gasteiger partial charge in [-0.1, -0.05) is 11.6 Å². The Kier molecular flexibility index (Phi) is 5.59. The Balaban J connectivity index is 1.29. The van der Waals surface area contributed by atoms with Gasteiger partial charge in [-0.25, -0.2) is 9.78 Å². The molecule has 1 atom stereocenters. The van der Waals surface area contributed by atoms with Crippen LogP contribution in [0.4, 0.5) is 4.79 Å². The van der Waals surface area contributed by atoms with E-state index in [1.54, 1.807) is 11.3 Å². The second-order valence-electron chi connectivity index (χ2n) is 6.68. The highest BCUT2D eigenvalue weighted by Crippen LogP contribution is 2.34. The number of piperidine rings is 1.